The number of hydrogen-bond donors (Lipinski definition) is 2. The van der Waals surface area contributed by atoms with E-state index in [1.165, 1.54) is 11.5 Å². The zero-order valence-electron chi connectivity index (χ0n) is 10.1. The van der Waals surface area contributed by atoms with Gasteiger partial charge in [-0.25, -0.2) is 4.39 Å². The van der Waals surface area contributed by atoms with Crippen molar-refractivity contribution in [3.8, 4) is 0 Å². The summed E-state index contributed by atoms with van der Waals surface area (Å²) in [6.45, 7) is 0.591. The Labute approximate surface area is 118 Å². The van der Waals surface area contributed by atoms with Gasteiger partial charge in [0.1, 0.15) is 5.82 Å². The zero-order chi connectivity index (χ0) is 13.2. The van der Waals surface area contributed by atoms with Gasteiger partial charge in [-0.15, -0.1) is 0 Å². The first-order valence-electron chi connectivity index (χ1n) is 5.97. The third-order valence-corrected chi connectivity index (χ3v) is 3.53. The minimum absolute atomic E-state index is 0.254. The van der Waals surface area contributed by atoms with E-state index in [-0.39, 0.29) is 5.82 Å². The van der Waals surface area contributed by atoms with E-state index in [4.69, 9.17) is 0 Å². The highest BCUT2D eigenvalue weighted by molar-refractivity contribution is 9.10. The molecule has 2 aromatic carbocycles. The predicted octanol–water partition coefficient (Wildman–Crippen LogP) is 4.68. The normalized spacial score (nSPS) is 10.8. The maximum Gasteiger partial charge on any atom is 0.147 e. The van der Waals surface area contributed by atoms with Crippen LogP contribution in [0.5, 0.6) is 0 Å². The van der Waals surface area contributed by atoms with Crippen LogP contribution in [0.2, 0.25) is 0 Å². The second-order valence-electron chi connectivity index (χ2n) is 4.38. The monoisotopic (exact) mass is 318 g/mol. The Morgan fingerprint density at radius 2 is 2.00 bits per heavy atom. The Kier molecular flexibility index (Phi) is 3.25. The maximum absolute atomic E-state index is 13.7. The molecule has 0 fully saturated rings. The number of anilines is 1. The molecular weight excluding hydrogens is 307 g/mol. The van der Waals surface area contributed by atoms with Gasteiger partial charge in [0.25, 0.3) is 0 Å². The van der Waals surface area contributed by atoms with Crippen LogP contribution in [0.4, 0.5) is 10.1 Å². The number of rotatable bonds is 3. The number of H-pyrrole nitrogens is 1. The van der Waals surface area contributed by atoms with Gasteiger partial charge in [-0.05, 0) is 41.3 Å². The van der Waals surface area contributed by atoms with E-state index in [1.54, 1.807) is 6.07 Å². The van der Waals surface area contributed by atoms with Crippen molar-refractivity contribution in [1.82, 2.24) is 4.98 Å². The van der Waals surface area contributed by atoms with E-state index >= 15 is 0 Å². The Balaban J connectivity index is 1.77. The molecule has 0 spiro atoms. The van der Waals surface area contributed by atoms with Crippen LogP contribution >= 0.6 is 15.9 Å². The van der Waals surface area contributed by atoms with Crippen molar-refractivity contribution in [3.63, 3.8) is 0 Å². The summed E-state index contributed by atoms with van der Waals surface area (Å²) in [6.07, 6.45) is 1.91. The van der Waals surface area contributed by atoms with E-state index in [0.29, 0.717) is 12.2 Å². The van der Waals surface area contributed by atoms with E-state index < -0.39 is 0 Å². The van der Waals surface area contributed by atoms with Crippen LogP contribution < -0.4 is 5.32 Å². The molecule has 0 aliphatic heterocycles. The summed E-state index contributed by atoms with van der Waals surface area (Å²) in [7, 11) is 0. The number of aromatic amines is 1. The lowest BCUT2D eigenvalue weighted by Gasteiger charge is -2.08. The summed E-state index contributed by atoms with van der Waals surface area (Å²) >= 11 is 3.24. The van der Waals surface area contributed by atoms with E-state index in [1.807, 2.05) is 24.4 Å². The van der Waals surface area contributed by atoms with Gasteiger partial charge in [0.2, 0.25) is 0 Å². The van der Waals surface area contributed by atoms with Gasteiger partial charge in [-0.1, -0.05) is 28.1 Å². The molecule has 0 atom stereocenters. The average molecular weight is 319 g/mol. The van der Waals surface area contributed by atoms with Gasteiger partial charge in [0.05, 0.1) is 5.69 Å². The minimum Gasteiger partial charge on any atom is -0.379 e. The summed E-state index contributed by atoms with van der Waals surface area (Å²) in [5, 5.41) is 4.28. The molecule has 0 unspecified atom stereocenters. The number of nitrogens with one attached hydrogen (secondary N) is 2. The van der Waals surface area contributed by atoms with Gasteiger partial charge in [0, 0.05) is 22.7 Å². The molecular formula is C15H12BrFN2. The molecule has 4 heteroatoms. The molecule has 0 aliphatic rings. The van der Waals surface area contributed by atoms with Crippen molar-refractivity contribution in [2.45, 2.75) is 6.54 Å². The lowest BCUT2D eigenvalue weighted by atomic mass is 10.1. The molecule has 96 valence electrons. The Hall–Kier alpha value is -1.81. The van der Waals surface area contributed by atoms with Crippen molar-refractivity contribution in [1.29, 1.82) is 0 Å². The fourth-order valence-corrected chi connectivity index (χ4v) is 2.37. The number of halogens is 2. The summed E-state index contributed by atoms with van der Waals surface area (Å²) in [6, 6.07) is 13.2. The minimum atomic E-state index is -0.254. The molecule has 0 aliphatic carbocycles. The Morgan fingerprint density at radius 1 is 1.11 bits per heavy atom. The molecule has 0 amide bonds. The maximum atomic E-state index is 13.7. The van der Waals surface area contributed by atoms with Crippen LogP contribution in [-0.2, 0) is 6.54 Å². The summed E-state index contributed by atoms with van der Waals surface area (Å²) in [4.78, 5) is 3.17. The van der Waals surface area contributed by atoms with Crippen LogP contribution in [0.15, 0.2) is 53.1 Å². The van der Waals surface area contributed by atoms with Crippen molar-refractivity contribution >= 4 is 32.5 Å². The number of benzene rings is 2. The van der Waals surface area contributed by atoms with E-state index in [2.05, 4.69) is 38.4 Å². The quantitative estimate of drug-likeness (QED) is 0.721. The lowest BCUT2D eigenvalue weighted by molar-refractivity contribution is 0.629. The number of hydrogen-bond acceptors (Lipinski definition) is 1. The van der Waals surface area contributed by atoms with E-state index in [9.17, 15) is 4.39 Å². The molecule has 2 nitrogen and oxygen atoms in total. The second-order valence-corrected chi connectivity index (χ2v) is 5.29. The lowest BCUT2D eigenvalue weighted by Crippen LogP contribution is -2.01. The van der Waals surface area contributed by atoms with Gasteiger partial charge < -0.3 is 10.3 Å². The van der Waals surface area contributed by atoms with Gasteiger partial charge in [-0.2, -0.15) is 0 Å². The molecule has 1 heterocycles. The molecule has 0 radical (unpaired) electrons. The number of aromatic nitrogens is 1. The first-order valence-corrected chi connectivity index (χ1v) is 6.76. The molecule has 3 rings (SSSR count). The molecule has 0 bridgehead atoms. The third-order valence-electron chi connectivity index (χ3n) is 3.03. The predicted molar refractivity (Wildman–Crippen MR) is 79.7 cm³/mol. The van der Waals surface area contributed by atoms with Gasteiger partial charge in [-0.3, -0.25) is 0 Å². The number of fused-ring (bicyclic) bond motifs is 1. The van der Waals surface area contributed by atoms with Crippen LogP contribution in [0.1, 0.15) is 5.56 Å². The first kappa shape index (κ1) is 12.2. The van der Waals surface area contributed by atoms with Crippen molar-refractivity contribution in [2.24, 2.45) is 0 Å². The SMILES string of the molecule is Fc1cc(Br)ccc1NCc1ccc2cc[nH]c2c1. The van der Waals surface area contributed by atoms with Gasteiger partial charge in [0.15, 0.2) is 0 Å². The topological polar surface area (TPSA) is 27.8 Å². The Morgan fingerprint density at radius 3 is 2.84 bits per heavy atom. The van der Waals surface area contributed by atoms with E-state index in [0.717, 1.165) is 15.6 Å². The Bertz CT molecular complexity index is 721. The second kappa shape index (κ2) is 5.05. The molecule has 19 heavy (non-hydrogen) atoms. The highest BCUT2D eigenvalue weighted by Crippen LogP contribution is 2.20. The third kappa shape index (κ3) is 2.63. The first-order chi connectivity index (χ1) is 9.22. The smallest absolute Gasteiger partial charge is 0.147 e. The fraction of sp³-hybridized carbons (Fsp3) is 0.0667. The highest BCUT2D eigenvalue weighted by atomic mass is 79.9. The average Bonchev–Trinajstić information content (AvgIpc) is 2.85. The highest BCUT2D eigenvalue weighted by Gasteiger charge is 2.03. The van der Waals surface area contributed by atoms with Crippen LogP contribution in [0.25, 0.3) is 10.9 Å². The summed E-state index contributed by atoms with van der Waals surface area (Å²) in [5.41, 5.74) is 2.71. The van der Waals surface area contributed by atoms with Crippen LogP contribution in [0.3, 0.4) is 0 Å². The van der Waals surface area contributed by atoms with Gasteiger partial charge >= 0.3 is 0 Å². The summed E-state index contributed by atoms with van der Waals surface area (Å²) in [5.74, 6) is -0.254. The fourth-order valence-electron chi connectivity index (χ4n) is 2.04. The van der Waals surface area contributed by atoms with Crippen molar-refractivity contribution < 1.29 is 4.39 Å². The van der Waals surface area contributed by atoms with Crippen LogP contribution in [0, 0.1) is 5.82 Å². The largest absolute Gasteiger partial charge is 0.379 e. The summed E-state index contributed by atoms with van der Waals surface area (Å²) < 4.78 is 14.4. The molecule has 1 aromatic heterocycles. The molecule has 0 saturated carbocycles. The zero-order valence-corrected chi connectivity index (χ0v) is 11.7. The van der Waals surface area contributed by atoms with Crippen LogP contribution in [-0.4, -0.2) is 4.98 Å². The molecule has 3 aromatic rings. The standard InChI is InChI=1S/C15H12BrFN2/c16-12-3-4-14(13(17)8-12)19-9-10-1-2-11-5-6-18-15(11)7-10/h1-8,18-19H,9H2. The molecule has 2 N–H and O–H groups in total. The molecule has 0 saturated heterocycles. The van der Waals surface area contributed by atoms with Crippen molar-refractivity contribution in [3.05, 3.63) is 64.5 Å². The van der Waals surface area contributed by atoms with Crippen molar-refractivity contribution in [2.75, 3.05) is 5.32 Å².